The van der Waals surface area contributed by atoms with Gasteiger partial charge in [0.25, 0.3) is 10.1 Å². The first-order valence-corrected chi connectivity index (χ1v) is 11.9. The fourth-order valence-corrected chi connectivity index (χ4v) is 7.14. The molecule has 0 spiro atoms. The Labute approximate surface area is 162 Å². The van der Waals surface area contributed by atoms with Crippen molar-refractivity contribution in [2.75, 3.05) is 7.11 Å². The minimum atomic E-state index is -4.02. The van der Waals surface area contributed by atoms with Crippen LogP contribution in [0.1, 0.15) is 19.4 Å². The summed E-state index contributed by atoms with van der Waals surface area (Å²) in [5.74, 6) is -1.09. The molecule has 2 aliphatic heterocycles. The lowest BCUT2D eigenvalue weighted by Crippen LogP contribution is -2.67. The van der Waals surface area contributed by atoms with Gasteiger partial charge in [-0.3, -0.25) is 13.9 Å². The van der Waals surface area contributed by atoms with Crippen molar-refractivity contribution in [2.24, 2.45) is 5.73 Å². The van der Waals surface area contributed by atoms with Crippen LogP contribution >= 0.6 is 19.4 Å². The molecule has 1 aromatic carbocycles. The SMILES string of the molecule is COP(=O)(O)C1N2C(=O)C(N)[C@H]2SC1(C)C.Cc1ccc(S(=O)(=O)O)cc1. The summed E-state index contributed by atoms with van der Waals surface area (Å²) in [5.41, 5.74) is 6.61. The van der Waals surface area contributed by atoms with Crippen molar-refractivity contribution in [1.29, 1.82) is 0 Å². The fourth-order valence-electron chi connectivity index (χ4n) is 2.97. The van der Waals surface area contributed by atoms with E-state index in [0.29, 0.717) is 0 Å². The fraction of sp³-hybridized carbons (Fsp3) is 0.533. The van der Waals surface area contributed by atoms with E-state index in [9.17, 15) is 22.7 Å². The number of fused-ring (bicyclic) bond motifs is 1. The van der Waals surface area contributed by atoms with E-state index in [-0.39, 0.29) is 16.2 Å². The zero-order chi connectivity index (χ0) is 20.8. The summed E-state index contributed by atoms with van der Waals surface area (Å²) >= 11 is 1.45. The molecule has 4 N–H and O–H groups in total. The molecule has 0 bridgehead atoms. The van der Waals surface area contributed by atoms with Crippen LogP contribution in [0.3, 0.4) is 0 Å². The van der Waals surface area contributed by atoms with Gasteiger partial charge in [-0.2, -0.15) is 8.42 Å². The second-order valence-corrected chi connectivity index (χ2v) is 12.0. The highest BCUT2D eigenvalue weighted by molar-refractivity contribution is 8.02. The van der Waals surface area contributed by atoms with Crippen LogP contribution in [0, 0.1) is 6.92 Å². The van der Waals surface area contributed by atoms with E-state index in [2.05, 4.69) is 4.52 Å². The predicted octanol–water partition coefficient (Wildman–Crippen LogP) is 1.41. The van der Waals surface area contributed by atoms with Crippen molar-refractivity contribution < 1.29 is 31.7 Å². The number of aryl methyl sites for hydroxylation is 1. The van der Waals surface area contributed by atoms with Crippen LogP contribution in [-0.2, 0) is 24.0 Å². The molecule has 2 heterocycles. The number of carbonyl (C=O) groups excluding carboxylic acids is 1. The van der Waals surface area contributed by atoms with E-state index in [0.717, 1.165) is 5.56 Å². The Hall–Kier alpha value is -0.940. The van der Waals surface area contributed by atoms with Gasteiger partial charge < -0.3 is 20.1 Å². The molecular formula is C15H23N2O7PS2. The monoisotopic (exact) mass is 438 g/mol. The summed E-state index contributed by atoms with van der Waals surface area (Å²) in [5, 5.41) is -0.205. The van der Waals surface area contributed by atoms with Gasteiger partial charge in [-0.1, -0.05) is 17.7 Å². The Morgan fingerprint density at radius 3 is 2.26 bits per heavy atom. The lowest BCUT2D eigenvalue weighted by Gasteiger charge is -2.43. The van der Waals surface area contributed by atoms with E-state index in [1.165, 1.54) is 35.9 Å². The molecule has 3 rings (SSSR count). The summed E-state index contributed by atoms with van der Waals surface area (Å²) in [4.78, 5) is 22.7. The van der Waals surface area contributed by atoms with Crippen LogP contribution in [0.4, 0.5) is 0 Å². The zero-order valence-corrected chi connectivity index (χ0v) is 17.8. The molecule has 2 aliphatic rings. The Kier molecular flexibility index (Phi) is 6.19. The molecule has 0 saturated carbocycles. The number of thioether (sulfide) groups is 1. The molecule has 152 valence electrons. The van der Waals surface area contributed by atoms with Crippen LogP contribution in [-0.4, -0.2) is 57.7 Å². The molecule has 0 aromatic heterocycles. The van der Waals surface area contributed by atoms with Crippen LogP contribution < -0.4 is 5.73 Å². The van der Waals surface area contributed by atoms with E-state index in [4.69, 9.17) is 10.3 Å². The van der Waals surface area contributed by atoms with Crippen LogP contribution in [0.5, 0.6) is 0 Å². The molecule has 1 aromatic rings. The number of β-lactam (4-membered cyclic amide) rings is 1. The van der Waals surface area contributed by atoms with Gasteiger partial charge in [0.1, 0.15) is 17.2 Å². The number of nitrogens with two attached hydrogens (primary N) is 1. The average Bonchev–Trinajstić information content (AvgIpc) is 2.84. The number of rotatable bonds is 3. The molecule has 27 heavy (non-hydrogen) atoms. The third kappa shape index (κ3) is 4.40. The van der Waals surface area contributed by atoms with Gasteiger partial charge in [0, 0.05) is 11.9 Å². The lowest BCUT2D eigenvalue weighted by atomic mass is 10.1. The smallest absolute Gasteiger partial charge is 0.323 e. The summed E-state index contributed by atoms with van der Waals surface area (Å²) in [6, 6.07) is 5.42. The Bertz CT molecular complexity index is 873. The summed E-state index contributed by atoms with van der Waals surface area (Å²) in [6.45, 7) is 5.48. The Morgan fingerprint density at radius 2 is 1.81 bits per heavy atom. The molecule has 3 unspecified atom stereocenters. The minimum Gasteiger partial charge on any atom is -0.323 e. The topological polar surface area (TPSA) is 147 Å². The van der Waals surface area contributed by atoms with Gasteiger partial charge in [0.05, 0.1) is 4.90 Å². The second kappa shape index (κ2) is 7.47. The van der Waals surface area contributed by atoms with E-state index in [1.54, 1.807) is 12.1 Å². The molecule has 12 heteroatoms. The first-order chi connectivity index (χ1) is 12.2. The quantitative estimate of drug-likeness (QED) is 0.362. The second-order valence-electron chi connectivity index (χ2n) is 6.79. The number of hydrogen-bond donors (Lipinski definition) is 3. The van der Waals surface area contributed by atoms with Crippen molar-refractivity contribution in [2.45, 2.75) is 47.6 Å². The lowest BCUT2D eigenvalue weighted by molar-refractivity contribution is -0.145. The van der Waals surface area contributed by atoms with Gasteiger partial charge in [0.2, 0.25) is 5.91 Å². The third-order valence-corrected chi connectivity index (χ3v) is 8.99. The first kappa shape index (κ1) is 22.4. The van der Waals surface area contributed by atoms with Gasteiger partial charge in [-0.25, -0.2) is 0 Å². The average molecular weight is 438 g/mol. The summed E-state index contributed by atoms with van der Waals surface area (Å²) < 4.78 is 45.6. The number of benzene rings is 1. The van der Waals surface area contributed by atoms with Crippen molar-refractivity contribution in [1.82, 2.24) is 4.90 Å². The molecule has 1 amide bonds. The largest absolute Gasteiger partial charge is 0.351 e. The number of hydrogen-bond acceptors (Lipinski definition) is 7. The maximum Gasteiger partial charge on any atom is 0.351 e. The van der Waals surface area contributed by atoms with Gasteiger partial charge in [-0.05, 0) is 32.9 Å². The number of carbonyl (C=O) groups is 1. The van der Waals surface area contributed by atoms with Crippen LogP contribution in [0.25, 0.3) is 0 Å². The molecule has 2 fully saturated rings. The third-order valence-electron chi connectivity index (χ3n) is 4.32. The van der Waals surface area contributed by atoms with E-state index in [1.807, 2.05) is 20.8 Å². The molecule has 0 radical (unpaired) electrons. The highest BCUT2D eigenvalue weighted by atomic mass is 32.2. The predicted molar refractivity (Wildman–Crippen MR) is 102 cm³/mol. The normalized spacial score (nSPS) is 28.5. The van der Waals surface area contributed by atoms with Gasteiger partial charge >= 0.3 is 7.60 Å². The standard InChI is InChI=1S/C8H15N2O4PS.C7H8O3S/c1-8(2)7(15(12,13)14-3)10-5(11)4(9)6(10)16-8;1-6-2-4-7(5-3-6)11(8,9)10/h4,6-7H,9H2,1-3H3,(H,12,13);2-5H,1H3,(H,8,9,10)/t4?,6-,7?;/m1./s1. The van der Waals surface area contributed by atoms with E-state index < -0.39 is 34.3 Å². The summed E-state index contributed by atoms with van der Waals surface area (Å²) in [6.07, 6.45) is 0. The van der Waals surface area contributed by atoms with Crippen molar-refractivity contribution in [3.05, 3.63) is 29.8 Å². The maximum atomic E-state index is 11.9. The Morgan fingerprint density at radius 1 is 1.30 bits per heavy atom. The molecule has 2 saturated heterocycles. The first-order valence-electron chi connectivity index (χ1n) is 7.90. The summed E-state index contributed by atoms with van der Waals surface area (Å²) in [7, 11) is -6.66. The maximum absolute atomic E-state index is 11.9. The molecule has 4 atom stereocenters. The highest BCUT2D eigenvalue weighted by Gasteiger charge is 2.65. The zero-order valence-electron chi connectivity index (χ0n) is 15.3. The van der Waals surface area contributed by atoms with Crippen molar-refractivity contribution >= 4 is 35.4 Å². The number of amides is 1. The van der Waals surface area contributed by atoms with Gasteiger partial charge in [-0.15, -0.1) is 11.8 Å². The Balaban J connectivity index is 0.000000208. The minimum absolute atomic E-state index is 0.0666. The van der Waals surface area contributed by atoms with E-state index >= 15 is 0 Å². The van der Waals surface area contributed by atoms with Crippen molar-refractivity contribution in [3.63, 3.8) is 0 Å². The molecule has 9 nitrogen and oxygen atoms in total. The van der Waals surface area contributed by atoms with Crippen LogP contribution in [0.15, 0.2) is 29.2 Å². The van der Waals surface area contributed by atoms with Crippen molar-refractivity contribution in [3.8, 4) is 0 Å². The van der Waals surface area contributed by atoms with Crippen LogP contribution in [0.2, 0.25) is 0 Å². The molecule has 0 aliphatic carbocycles. The number of nitrogens with zero attached hydrogens (tertiary/aromatic N) is 1. The molecular weight excluding hydrogens is 415 g/mol. The van der Waals surface area contributed by atoms with Gasteiger partial charge in [0.15, 0.2) is 0 Å². The highest BCUT2D eigenvalue weighted by Crippen LogP contribution is 2.64.